The highest BCUT2D eigenvalue weighted by atomic mass is 35.5. The molecule has 1 aliphatic rings. The van der Waals surface area contributed by atoms with Crippen molar-refractivity contribution in [1.82, 2.24) is 25.5 Å². The molecule has 4 rings (SSSR count). The average Bonchev–Trinajstić information content (AvgIpc) is 3.43. The van der Waals surface area contributed by atoms with Crippen molar-refractivity contribution in [3.63, 3.8) is 0 Å². The van der Waals surface area contributed by atoms with Crippen molar-refractivity contribution in [2.24, 2.45) is 0 Å². The Hall–Kier alpha value is -3.10. The number of nitrogens with zero attached hydrogens (tertiary/aromatic N) is 2. The van der Waals surface area contributed by atoms with Gasteiger partial charge in [0.25, 0.3) is 11.8 Å². The molecule has 1 aromatic heterocycles. The Morgan fingerprint density at radius 1 is 1.21 bits per heavy atom. The summed E-state index contributed by atoms with van der Waals surface area (Å²) in [5, 5.41) is 6.46. The van der Waals surface area contributed by atoms with Crippen molar-refractivity contribution in [3.05, 3.63) is 63.4 Å². The zero-order valence-electron chi connectivity index (χ0n) is 18.8. The largest absolute Gasteiger partial charge is 0.354 e. The number of rotatable bonds is 6. The summed E-state index contributed by atoms with van der Waals surface area (Å²) in [5.74, 6) is -0.0770. The second-order valence-corrected chi connectivity index (χ2v) is 9.25. The van der Waals surface area contributed by atoms with E-state index in [0.29, 0.717) is 35.1 Å². The van der Waals surface area contributed by atoms with Crippen LogP contribution >= 0.6 is 23.2 Å². The van der Waals surface area contributed by atoms with Gasteiger partial charge < -0.3 is 20.5 Å². The van der Waals surface area contributed by atoms with Crippen LogP contribution in [0.25, 0.3) is 11.0 Å². The zero-order valence-corrected chi connectivity index (χ0v) is 20.3. The second kappa shape index (κ2) is 10.0. The monoisotopic (exact) mass is 501 g/mol. The number of halogens is 2. The summed E-state index contributed by atoms with van der Waals surface area (Å²) in [6.07, 6.45) is 1.68. The fourth-order valence-electron chi connectivity index (χ4n) is 4.12. The van der Waals surface area contributed by atoms with Crippen LogP contribution in [-0.4, -0.2) is 51.7 Å². The highest BCUT2D eigenvalue weighted by Crippen LogP contribution is 2.25. The van der Waals surface area contributed by atoms with Crippen LogP contribution in [0.2, 0.25) is 10.0 Å². The average molecular weight is 502 g/mol. The van der Waals surface area contributed by atoms with E-state index < -0.39 is 6.04 Å². The molecule has 2 atom stereocenters. The number of likely N-dealkylation sites (tertiary alicyclic amines) is 1. The van der Waals surface area contributed by atoms with Crippen molar-refractivity contribution in [3.8, 4) is 0 Å². The number of carbonyl (C=O) groups is 3. The van der Waals surface area contributed by atoms with E-state index in [0.717, 1.165) is 23.9 Å². The number of H-pyrrole nitrogens is 1. The van der Waals surface area contributed by atoms with Gasteiger partial charge in [-0.1, -0.05) is 23.2 Å². The maximum Gasteiger partial charge on any atom is 0.255 e. The third-order valence-electron chi connectivity index (χ3n) is 5.91. The maximum atomic E-state index is 13.1. The molecule has 0 saturated carbocycles. The first kappa shape index (κ1) is 24.0. The van der Waals surface area contributed by atoms with E-state index in [1.807, 2.05) is 13.0 Å². The summed E-state index contributed by atoms with van der Waals surface area (Å²) >= 11 is 12.4. The Labute approximate surface area is 207 Å². The fraction of sp³-hybridized carbons (Fsp3) is 0.333. The van der Waals surface area contributed by atoms with Gasteiger partial charge in [0.05, 0.1) is 27.7 Å². The van der Waals surface area contributed by atoms with Gasteiger partial charge in [0.15, 0.2) is 0 Å². The molecule has 0 unspecified atom stereocenters. The third-order valence-corrected chi connectivity index (χ3v) is 6.45. The smallest absolute Gasteiger partial charge is 0.255 e. The Morgan fingerprint density at radius 3 is 2.74 bits per heavy atom. The van der Waals surface area contributed by atoms with Crippen LogP contribution in [0.1, 0.15) is 59.3 Å². The maximum absolute atomic E-state index is 13.1. The van der Waals surface area contributed by atoms with Crippen LogP contribution in [0.3, 0.4) is 0 Å². The SMILES string of the molecule is CC(=O)NC[C@H]1CCCN1C(=O)c1ccc(C(=O)N[C@@H](C)c2nc3ccc(Cl)cc3[nH]2)cc1Cl. The molecule has 0 bridgehead atoms. The lowest BCUT2D eigenvalue weighted by Crippen LogP contribution is -2.42. The van der Waals surface area contributed by atoms with Crippen LogP contribution in [0.15, 0.2) is 36.4 Å². The van der Waals surface area contributed by atoms with Gasteiger partial charge in [-0.15, -0.1) is 0 Å². The summed E-state index contributed by atoms with van der Waals surface area (Å²) in [4.78, 5) is 46.5. The van der Waals surface area contributed by atoms with E-state index in [9.17, 15) is 14.4 Å². The molecular weight excluding hydrogens is 477 g/mol. The standard InChI is InChI=1S/C24H25Cl2N5O3/c1-13(22-29-20-8-6-16(25)11-21(20)30-22)28-23(33)15-5-7-18(19(26)10-15)24(34)31-9-3-4-17(31)12-27-14(2)32/h5-8,10-11,13,17H,3-4,9,12H2,1-2H3,(H,27,32)(H,28,33)(H,29,30)/t13-,17+/m0/s1. The van der Waals surface area contributed by atoms with Crippen LogP contribution in [0.5, 0.6) is 0 Å². The predicted molar refractivity (Wildman–Crippen MR) is 131 cm³/mol. The molecule has 10 heteroatoms. The molecule has 34 heavy (non-hydrogen) atoms. The Morgan fingerprint density at radius 2 is 2.00 bits per heavy atom. The number of aromatic amines is 1. The lowest BCUT2D eigenvalue weighted by Gasteiger charge is -2.25. The molecule has 2 aromatic carbocycles. The Bertz CT molecular complexity index is 1260. The number of hydrogen-bond acceptors (Lipinski definition) is 4. The van der Waals surface area contributed by atoms with Gasteiger partial charge in [-0.2, -0.15) is 0 Å². The number of amides is 3. The van der Waals surface area contributed by atoms with Gasteiger partial charge in [-0.05, 0) is 56.2 Å². The Balaban J connectivity index is 1.44. The van der Waals surface area contributed by atoms with Crippen LogP contribution in [-0.2, 0) is 4.79 Å². The molecule has 178 valence electrons. The van der Waals surface area contributed by atoms with Crippen molar-refractivity contribution in [2.75, 3.05) is 13.1 Å². The molecule has 1 saturated heterocycles. The molecule has 3 N–H and O–H groups in total. The number of benzene rings is 2. The molecule has 3 aromatic rings. The van der Waals surface area contributed by atoms with Crippen molar-refractivity contribution in [1.29, 1.82) is 0 Å². The highest BCUT2D eigenvalue weighted by Gasteiger charge is 2.30. The van der Waals surface area contributed by atoms with E-state index in [1.54, 1.807) is 29.2 Å². The number of carbonyl (C=O) groups excluding carboxylic acids is 3. The lowest BCUT2D eigenvalue weighted by molar-refractivity contribution is -0.119. The number of nitrogens with one attached hydrogen (secondary N) is 3. The summed E-state index contributed by atoms with van der Waals surface area (Å²) in [6, 6.07) is 9.52. The van der Waals surface area contributed by atoms with Crippen LogP contribution < -0.4 is 10.6 Å². The number of aromatic nitrogens is 2. The molecular formula is C24H25Cl2N5O3. The minimum absolute atomic E-state index is 0.0741. The second-order valence-electron chi connectivity index (χ2n) is 8.40. The first-order valence-corrected chi connectivity index (χ1v) is 11.8. The topological polar surface area (TPSA) is 107 Å². The molecule has 8 nitrogen and oxygen atoms in total. The minimum Gasteiger partial charge on any atom is -0.354 e. The third kappa shape index (κ3) is 5.18. The molecule has 2 heterocycles. The van der Waals surface area contributed by atoms with Crippen molar-refractivity contribution >= 4 is 52.0 Å². The summed E-state index contributed by atoms with van der Waals surface area (Å²) in [5.41, 5.74) is 2.21. The van der Waals surface area contributed by atoms with Gasteiger partial charge in [-0.3, -0.25) is 14.4 Å². The van der Waals surface area contributed by atoms with Crippen molar-refractivity contribution < 1.29 is 14.4 Å². The van der Waals surface area contributed by atoms with Gasteiger partial charge in [0.1, 0.15) is 5.82 Å². The van der Waals surface area contributed by atoms with Crippen LogP contribution in [0, 0.1) is 0 Å². The number of hydrogen-bond donors (Lipinski definition) is 3. The summed E-state index contributed by atoms with van der Waals surface area (Å²) in [7, 11) is 0. The minimum atomic E-state index is -0.391. The molecule has 3 amide bonds. The van der Waals surface area contributed by atoms with Gasteiger partial charge in [0, 0.05) is 36.6 Å². The fourth-order valence-corrected chi connectivity index (χ4v) is 4.55. The molecule has 0 radical (unpaired) electrons. The highest BCUT2D eigenvalue weighted by molar-refractivity contribution is 6.34. The van der Waals surface area contributed by atoms with E-state index in [1.165, 1.54) is 13.0 Å². The molecule has 0 aliphatic carbocycles. The number of fused-ring (bicyclic) bond motifs is 1. The van der Waals surface area contributed by atoms with Gasteiger partial charge >= 0.3 is 0 Å². The lowest BCUT2D eigenvalue weighted by atomic mass is 10.1. The van der Waals surface area contributed by atoms with E-state index in [4.69, 9.17) is 23.2 Å². The van der Waals surface area contributed by atoms with Crippen molar-refractivity contribution in [2.45, 2.75) is 38.8 Å². The molecule has 1 aliphatic heterocycles. The van der Waals surface area contributed by atoms with Gasteiger partial charge in [0.2, 0.25) is 5.91 Å². The zero-order chi connectivity index (χ0) is 24.4. The molecule has 0 spiro atoms. The van der Waals surface area contributed by atoms with E-state index >= 15 is 0 Å². The normalized spacial score (nSPS) is 16.5. The van der Waals surface area contributed by atoms with Gasteiger partial charge in [-0.25, -0.2) is 4.98 Å². The quantitative estimate of drug-likeness (QED) is 0.472. The molecule has 1 fully saturated rings. The van der Waals surface area contributed by atoms with Crippen LogP contribution in [0.4, 0.5) is 0 Å². The number of imidazole rings is 1. The van der Waals surface area contributed by atoms with E-state index in [2.05, 4.69) is 20.6 Å². The summed E-state index contributed by atoms with van der Waals surface area (Å²) in [6.45, 7) is 4.28. The summed E-state index contributed by atoms with van der Waals surface area (Å²) < 4.78 is 0. The van der Waals surface area contributed by atoms with E-state index in [-0.39, 0.29) is 28.8 Å². The first-order valence-electron chi connectivity index (χ1n) is 11.0. The Kier molecular flexibility index (Phi) is 7.09. The predicted octanol–water partition coefficient (Wildman–Crippen LogP) is 4.10. The first-order chi connectivity index (χ1) is 16.2.